The van der Waals surface area contributed by atoms with Gasteiger partial charge < -0.3 is 4.81 Å². The summed E-state index contributed by atoms with van der Waals surface area (Å²) in [5.74, 6) is 0.987. The first-order valence-corrected chi connectivity index (χ1v) is 4.54. The van der Waals surface area contributed by atoms with Crippen molar-refractivity contribution in [2.24, 2.45) is 17.8 Å². The van der Waals surface area contributed by atoms with Gasteiger partial charge in [0.25, 0.3) is 0 Å². The van der Waals surface area contributed by atoms with Gasteiger partial charge in [0.1, 0.15) is 0 Å². The minimum atomic E-state index is 0.102. The Kier molecular flexibility index (Phi) is 2.50. The first kappa shape index (κ1) is 9.62. The van der Waals surface area contributed by atoms with Crippen molar-refractivity contribution >= 4 is 13.9 Å². The summed E-state index contributed by atoms with van der Waals surface area (Å²) in [6.45, 7) is 8.25. The maximum absolute atomic E-state index is 11.6. The van der Waals surface area contributed by atoms with Crippen LogP contribution < -0.4 is 0 Å². The van der Waals surface area contributed by atoms with Crippen molar-refractivity contribution in [3.05, 3.63) is 0 Å². The molecule has 1 rings (SSSR count). The van der Waals surface area contributed by atoms with E-state index in [9.17, 15) is 4.79 Å². The lowest BCUT2D eigenvalue weighted by atomic mass is 9.84. The smallest absolute Gasteiger partial charge is 0.230 e. The Balaban J connectivity index is 2.83. The molecule has 3 heteroatoms. The summed E-state index contributed by atoms with van der Waals surface area (Å²) >= 11 is 0. The van der Waals surface area contributed by atoms with Crippen molar-refractivity contribution in [2.45, 2.75) is 33.7 Å². The van der Waals surface area contributed by atoms with E-state index in [-0.39, 0.29) is 17.9 Å². The van der Waals surface area contributed by atoms with Crippen LogP contribution >= 0.6 is 0 Å². The first-order valence-electron chi connectivity index (χ1n) is 4.54. The summed E-state index contributed by atoms with van der Waals surface area (Å²) in [5, 5.41) is 0. The van der Waals surface area contributed by atoms with E-state index < -0.39 is 0 Å². The zero-order valence-corrected chi connectivity index (χ0v) is 8.24. The molecule has 3 unspecified atom stereocenters. The van der Waals surface area contributed by atoms with E-state index in [0.717, 1.165) is 0 Å². The van der Waals surface area contributed by atoms with Crippen LogP contribution in [-0.4, -0.2) is 24.7 Å². The van der Waals surface area contributed by atoms with Crippen LogP contribution in [-0.2, 0) is 4.79 Å². The van der Waals surface area contributed by atoms with Crippen LogP contribution in [0.25, 0.3) is 0 Å². The summed E-state index contributed by atoms with van der Waals surface area (Å²) in [5.41, 5.74) is 0. The maximum Gasteiger partial charge on any atom is 0.230 e. The van der Waals surface area contributed by atoms with Gasteiger partial charge in [0, 0.05) is 12.0 Å². The predicted octanol–water partition coefficient (Wildman–Crippen LogP) is 1.21. The highest BCUT2D eigenvalue weighted by atomic mass is 16.2. The van der Waals surface area contributed by atoms with Gasteiger partial charge in [0.15, 0.2) is 0 Å². The average molecular weight is 165 g/mol. The molecule has 1 aliphatic heterocycles. The van der Waals surface area contributed by atoms with Gasteiger partial charge in [0.2, 0.25) is 13.9 Å². The number of carbonyl (C=O) groups is 1. The van der Waals surface area contributed by atoms with Crippen molar-refractivity contribution in [2.75, 3.05) is 0 Å². The summed E-state index contributed by atoms with van der Waals surface area (Å²) < 4.78 is 0. The van der Waals surface area contributed by atoms with Crippen LogP contribution in [0.15, 0.2) is 0 Å². The largest absolute Gasteiger partial charge is 0.394 e. The third kappa shape index (κ3) is 1.25. The Morgan fingerprint density at radius 3 is 2.08 bits per heavy atom. The number of nitrogens with zero attached hydrogens (tertiary/aromatic N) is 1. The summed E-state index contributed by atoms with van der Waals surface area (Å²) in [6, 6.07) is 0.185. The topological polar surface area (TPSA) is 20.3 Å². The Bertz CT molecular complexity index is 193. The number of amides is 1. The number of rotatable bonds is 1. The molecule has 0 saturated carbocycles. The Morgan fingerprint density at radius 2 is 1.92 bits per heavy atom. The van der Waals surface area contributed by atoms with Gasteiger partial charge >= 0.3 is 0 Å². The molecule has 0 aromatic heterocycles. The van der Waals surface area contributed by atoms with Gasteiger partial charge in [-0.2, -0.15) is 0 Å². The van der Waals surface area contributed by atoms with Crippen molar-refractivity contribution in [3.63, 3.8) is 0 Å². The summed E-state index contributed by atoms with van der Waals surface area (Å²) in [6.07, 6.45) is 0. The summed E-state index contributed by atoms with van der Waals surface area (Å²) in [4.78, 5) is 13.0. The fraction of sp³-hybridized carbons (Fsp3) is 0.889. The molecular weight excluding hydrogens is 149 g/mol. The van der Waals surface area contributed by atoms with Gasteiger partial charge in [0.05, 0.1) is 0 Å². The molecule has 3 atom stereocenters. The third-order valence-corrected chi connectivity index (χ3v) is 3.02. The van der Waals surface area contributed by atoms with Crippen LogP contribution in [0.5, 0.6) is 0 Å². The molecule has 2 radical (unpaired) electrons. The average Bonchev–Trinajstić information content (AvgIpc) is 2.16. The number of carbonyl (C=O) groups excluding carboxylic acids is 1. The SMILES string of the molecule is [B]N1C(=O)C(C(C)C)C(C)C1C. The van der Waals surface area contributed by atoms with E-state index in [4.69, 9.17) is 7.98 Å². The lowest BCUT2D eigenvalue weighted by molar-refractivity contribution is -0.128. The van der Waals surface area contributed by atoms with Gasteiger partial charge in [-0.15, -0.1) is 0 Å². The molecule has 1 aliphatic rings. The van der Waals surface area contributed by atoms with Crippen molar-refractivity contribution in [3.8, 4) is 0 Å². The molecule has 12 heavy (non-hydrogen) atoms. The molecule has 1 heterocycles. The summed E-state index contributed by atoms with van der Waals surface area (Å²) in [7, 11) is 5.62. The van der Waals surface area contributed by atoms with E-state index >= 15 is 0 Å². The Hall–Kier alpha value is -0.465. The molecule has 0 spiro atoms. The van der Waals surface area contributed by atoms with Crippen molar-refractivity contribution in [1.29, 1.82) is 0 Å². The molecule has 66 valence electrons. The fourth-order valence-corrected chi connectivity index (χ4v) is 2.04. The predicted molar refractivity (Wildman–Crippen MR) is 49.6 cm³/mol. The highest BCUT2D eigenvalue weighted by molar-refractivity contribution is 6.15. The van der Waals surface area contributed by atoms with Crippen LogP contribution in [0.4, 0.5) is 0 Å². The highest BCUT2D eigenvalue weighted by Gasteiger charge is 2.41. The zero-order chi connectivity index (χ0) is 9.46. The van der Waals surface area contributed by atoms with Crippen molar-refractivity contribution < 1.29 is 4.79 Å². The van der Waals surface area contributed by atoms with Crippen LogP contribution in [0.3, 0.4) is 0 Å². The standard InChI is InChI=1S/C9H16BNO/c1-5(2)8-6(3)7(4)11(10)9(8)12/h5-8H,1-4H3. The minimum absolute atomic E-state index is 0.102. The molecule has 0 bridgehead atoms. The fourth-order valence-electron chi connectivity index (χ4n) is 2.04. The van der Waals surface area contributed by atoms with Crippen LogP contribution in [0.1, 0.15) is 27.7 Å². The monoisotopic (exact) mass is 165 g/mol. The lowest BCUT2D eigenvalue weighted by Crippen LogP contribution is -2.30. The second-order valence-electron chi connectivity index (χ2n) is 4.12. The van der Waals surface area contributed by atoms with E-state index in [1.807, 2.05) is 6.92 Å². The quantitative estimate of drug-likeness (QED) is 0.534. The second-order valence-corrected chi connectivity index (χ2v) is 4.12. The molecule has 0 aromatic carbocycles. The van der Waals surface area contributed by atoms with Crippen molar-refractivity contribution in [1.82, 2.24) is 4.81 Å². The second kappa shape index (κ2) is 3.12. The van der Waals surface area contributed by atoms with Gasteiger partial charge in [-0.1, -0.05) is 20.8 Å². The minimum Gasteiger partial charge on any atom is -0.394 e. The van der Waals surface area contributed by atoms with E-state index in [2.05, 4.69) is 20.8 Å². The Labute approximate surface area is 75.7 Å². The van der Waals surface area contributed by atoms with E-state index in [0.29, 0.717) is 11.8 Å². The number of hydrogen-bond acceptors (Lipinski definition) is 1. The van der Waals surface area contributed by atoms with Gasteiger partial charge in [-0.05, 0) is 18.8 Å². The molecule has 2 nitrogen and oxygen atoms in total. The van der Waals surface area contributed by atoms with E-state index in [1.165, 1.54) is 4.81 Å². The maximum atomic E-state index is 11.6. The highest BCUT2D eigenvalue weighted by Crippen LogP contribution is 2.33. The first-order chi connectivity index (χ1) is 5.46. The third-order valence-electron chi connectivity index (χ3n) is 3.02. The normalized spacial score (nSPS) is 36.6. The van der Waals surface area contributed by atoms with Gasteiger partial charge in [-0.3, -0.25) is 4.79 Å². The molecule has 1 saturated heterocycles. The molecule has 1 amide bonds. The molecule has 1 fully saturated rings. The molecule has 0 N–H and O–H groups in total. The zero-order valence-electron chi connectivity index (χ0n) is 8.24. The Morgan fingerprint density at radius 1 is 1.42 bits per heavy atom. The van der Waals surface area contributed by atoms with Crippen LogP contribution in [0, 0.1) is 17.8 Å². The number of hydrogen-bond donors (Lipinski definition) is 0. The molecule has 0 aliphatic carbocycles. The lowest BCUT2D eigenvalue weighted by Gasteiger charge is -2.18. The molecular formula is C9H16BNO. The van der Waals surface area contributed by atoms with E-state index in [1.54, 1.807) is 0 Å². The van der Waals surface area contributed by atoms with Crippen LogP contribution in [0.2, 0.25) is 0 Å². The molecule has 0 aromatic rings. The van der Waals surface area contributed by atoms with Gasteiger partial charge in [-0.25, -0.2) is 0 Å².